The maximum atomic E-state index is 12.8. The lowest BCUT2D eigenvalue weighted by molar-refractivity contribution is 0.102. The summed E-state index contributed by atoms with van der Waals surface area (Å²) in [6.45, 7) is 4.17. The number of aromatic nitrogens is 1. The third kappa shape index (κ3) is 4.84. The monoisotopic (exact) mass is 483 g/mol. The van der Waals surface area contributed by atoms with Gasteiger partial charge in [0.2, 0.25) is 10.0 Å². The van der Waals surface area contributed by atoms with Gasteiger partial charge in [-0.1, -0.05) is 49.2 Å². The molecule has 0 spiro atoms. The van der Waals surface area contributed by atoms with Gasteiger partial charge in [-0.15, -0.1) is 11.3 Å². The number of carbonyl (C=O) groups is 1. The van der Waals surface area contributed by atoms with Crippen LogP contribution in [0.4, 0.5) is 5.13 Å². The highest BCUT2D eigenvalue weighted by Crippen LogP contribution is 2.28. The van der Waals surface area contributed by atoms with Crippen molar-refractivity contribution in [1.29, 1.82) is 0 Å². The molecule has 0 fully saturated rings. The quantitative estimate of drug-likeness (QED) is 0.487. The zero-order valence-corrected chi connectivity index (χ0v) is 19.4. The SMILES string of the molecule is CCN(CC)S(=O)(=O)c1ccc(Cl)c(C(=O)Nc2nc(-c3ccc(Cl)cc3)cs2)c1. The van der Waals surface area contributed by atoms with Crippen molar-refractivity contribution in [3.8, 4) is 11.3 Å². The van der Waals surface area contributed by atoms with E-state index in [1.807, 2.05) is 17.5 Å². The first-order valence-corrected chi connectivity index (χ1v) is 12.2. The smallest absolute Gasteiger partial charge is 0.259 e. The van der Waals surface area contributed by atoms with Crippen molar-refractivity contribution in [1.82, 2.24) is 9.29 Å². The van der Waals surface area contributed by atoms with Crippen LogP contribution in [0.5, 0.6) is 0 Å². The normalized spacial score (nSPS) is 11.6. The number of benzene rings is 2. The van der Waals surface area contributed by atoms with Gasteiger partial charge in [0.05, 0.1) is 21.2 Å². The number of carbonyl (C=O) groups excluding carboxylic acids is 1. The Kier molecular flexibility index (Phi) is 7.15. The Balaban J connectivity index is 1.85. The van der Waals surface area contributed by atoms with Crippen molar-refractivity contribution >= 4 is 55.6 Å². The number of thiazole rings is 1. The van der Waals surface area contributed by atoms with Gasteiger partial charge in [0, 0.05) is 29.1 Å². The molecule has 0 radical (unpaired) electrons. The van der Waals surface area contributed by atoms with Crippen molar-refractivity contribution < 1.29 is 13.2 Å². The molecule has 1 aromatic heterocycles. The van der Waals surface area contributed by atoms with Gasteiger partial charge < -0.3 is 0 Å². The average molecular weight is 484 g/mol. The Morgan fingerprint density at radius 1 is 1.10 bits per heavy atom. The summed E-state index contributed by atoms with van der Waals surface area (Å²) in [5.41, 5.74) is 1.62. The lowest BCUT2D eigenvalue weighted by atomic mass is 10.2. The van der Waals surface area contributed by atoms with Crippen LogP contribution in [-0.4, -0.2) is 36.7 Å². The fourth-order valence-electron chi connectivity index (χ4n) is 2.80. The first kappa shape index (κ1) is 22.7. The van der Waals surface area contributed by atoms with E-state index >= 15 is 0 Å². The van der Waals surface area contributed by atoms with Crippen LogP contribution in [0.1, 0.15) is 24.2 Å². The van der Waals surface area contributed by atoms with E-state index in [1.54, 1.807) is 26.0 Å². The van der Waals surface area contributed by atoms with Gasteiger partial charge in [-0.2, -0.15) is 4.31 Å². The van der Waals surface area contributed by atoms with Gasteiger partial charge in [-0.25, -0.2) is 13.4 Å². The van der Waals surface area contributed by atoms with Crippen LogP contribution in [0.3, 0.4) is 0 Å². The molecule has 0 aliphatic heterocycles. The Morgan fingerprint density at radius 3 is 2.40 bits per heavy atom. The molecule has 3 aromatic rings. The predicted molar refractivity (Wildman–Crippen MR) is 122 cm³/mol. The van der Waals surface area contributed by atoms with Crippen LogP contribution in [0, 0.1) is 0 Å². The second kappa shape index (κ2) is 9.45. The Labute approximate surface area is 189 Å². The van der Waals surface area contributed by atoms with E-state index in [1.165, 1.54) is 33.8 Å². The fourth-order valence-corrected chi connectivity index (χ4v) is 5.33. The van der Waals surface area contributed by atoms with Gasteiger partial charge in [0.15, 0.2) is 5.13 Å². The van der Waals surface area contributed by atoms with Gasteiger partial charge in [0.25, 0.3) is 5.91 Å². The largest absolute Gasteiger partial charge is 0.298 e. The highest BCUT2D eigenvalue weighted by atomic mass is 35.5. The zero-order valence-electron chi connectivity index (χ0n) is 16.2. The summed E-state index contributed by atoms with van der Waals surface area (Å²) in [7, 11) is -3.71. The summed E-state index contributed by atoms with van der Waals surface area (Å²) >= 11 is 13.3. The van der Waals surface area contributed by atoms with Crippen molar-refractivity contribution in [2.45, 2.75) is 18.7 Å². The molecule has 6 nitrogen and oxygen atoms in total. The highest BCUT2D eigenvalue weighted by molar-refractivity contribution is 7.89. The van der Waals surface area contributed by atoms with Gasteiger partial charge in [-0.05, 0) is 30.3 Å². The molecule has 3 rings (SSSR count). The molecule has 1 heterocycles. The predicted octanol–water partition coefficient (Wildman–Crippen LogP) is 5.40. The van der Waals surface area contributed by atoms with Gasteiger partial charge in [-0.3, -0.25) is 10.1 Å². The van der Waals surface area contributed by atoms with Crippen LogP contribution < -0.4 is 5.32 Å². The number of anilines is 1. The molecule has 0 saturated carbocycles. The van der Waals surface area contributed by atoms with Crippen LogP contribution >= 0.6 is 34.5 Å². The number of hydrogen-bond donors (Lipinski definition) is 1. The molecule has 0 aliphatic rings. The lowest BCUT2D eigenvalue weighted by Gasteiger charge is -2.19. The van der Waals surface area contributed by atoms with E-state index < -0.39 is 15.9 Å². The molecular weight excluding hydrogens is 465 g/mol. The minimum absolute atomic E-state index is 0.0155. The Hall–Kier alpha value is -1.97. The summed E-state index contributed by atoms with van der Waals surface area (Å²) in [6, 6.07) is 11.3. The lowest BCUT2D eigenvalue weighted by Crippen LogP contribution is -2.30. The molecule has 30 heavy (non-hydrogen) atoms. The highest BCUT2D eigenvalue weighted by Gasteiger charge is 2.24. The standard InChI is InChI=1S/C20H19Cl2N3O3S2/c1-3-25(4-2)30(27,28)15-9-10-17(22)16(11-15)19(26)24-20-23-18(12-29-20)13-5-7-14(21)8-6-13/h5-12H,3-4H2,1-2H3,(H,23,24,26). The van der Waals surface area contributed by atoms with Crippen LogP contribution in [0.2, 0.25) is 10.0 Å². The summed E-state index contributed by atoms with van der Waals surface area (Å²) in [5, 5.41) is 5.64. The fraction of sp³-hybridized carbons (Fsp3) is 0.200. The molecule has 10 heteroatoms. The Bertz CT molecular complexity index is 1160. The number of halogens is 2. The maximum Gasteiger partial charge on any atom is 0.259 e. The van der Waals surface area contributed by atoms with E-state index in [0.717, 1.165) is 5.56 Å². The summed E-state index contributed by atoms with van der Waals surface area (Å²) < 4.78 is 26.8. The number of nitrogens with one attached hydrogen (secondary N) is 1. The second-order valence-electron chi connectivity index (χ2n) is 6.23. The van der Waals surface area contributed by atoms with Crippen LogP contribution in [0.25, 0.3) is 11.3 Å². The molecule has 158 valence electrons. The van der Waals surface area contributed by atoms with Gasteiger partial charge >= 0.3 is 0 Å². The number of nitrogens with zero attached hydrogens (tertiary/aromatic N) is 2. The van der Waals surface area contributed by atoms with E-state index in [2.05, 4.69) is 10.3 Å². The molecule has 1 amide bonds. The number of rotatable bonds is 7. The molecule has 1 N–H and O–H groups in total. The summed E-state index contributed by atoms with van der Waals surface area (Å²) in [5.74, 6) is -0.534. The molecule has 0 saturated heterocycles. The van der Waals surface area contributed by atoms with E-state index in [9.17, 15) is 13.2 Å². The van der Waals surface area contributed by atoms with E-state index in [4.69, 9.17) is 23.2 Å². The average Bonchev–Trinajstić information content (AvgIpc) is 3.17. The maximum absolute atomic E-state index is 12.8. The van der Waals surface area contributed by atoms with Crippen molar-refractivity contribution in [2.75, 3.05) is 18.4 Å². The van der Waals surface area contributed by atoms with Crippen molar-refractivity contribution in [3.63, 3.8) is 0 Å². The minimum Gasteiger partial charge on any atom is -0.298 e. The summed E-state index contributed by atoms with van der Waals surface area (Å²) in [6.07, 6.45) is 0. The molecular formula is C20H19Cl2N3O3S2. The number of amides is 1. The van der Waals surface area contributed by atoms with E-state index in [-0.39, 0.29) is 15.5 Å². The van der Waals surface area contributed by atoms with Gasteiger partial charge in [0.1, 0.15) is 0 Å². The minimum atomic E-state index is -3.71. The van der Waals surface area contributed by atoms with E-state index in [0.29, 0.717) is 28.9 Å². The Morgan fingerprint density at radius 2 is 1.77 bits per heavy atom. The molecule has 0 atom stereocenters. The first-order valence-electron chi connectivity index (χ1n) is 9.08. The summed E-state index contributed by atoms with van der Waals surface area (Å²) in [4.78, 5) is 17.2. The zero-order chi connectivity index (χ0) is 21.9. The third-order valence-electron chi connectivity index (χ3n) is 4.39. The molecule has 0 unspecified atom stereocenters. The number of hydrogen-bond acceptors (Lipinski definition) is 5. The number of sulfonamides is 1. The second-order valence-corrected chi connectivity index (χ2v) is 9.87. The third-order valence-corrected chi connectivity index (χ3v) is 7.78. The van der Waals surface area contributed by atoms with Crippen molar-refractivity contribution in [2.24, 2.45) is 0 Å². The topological polar surface area (TPSA) is 79.4 Å². The first-order chi connectivity index (χ1) is 14.3. The van der Waals surface area contributed by atoms with Crippen LogP contribution in [0.15, 0.2) is 52.7 Å². The molecule has 0 aliphatic carbocycles. The van der Waals surface area contributed by atoms with Crippen LogP contribution in [-0.2, 0) is 10.0 Å². The molecule has 2 aromatic carbocycles. The molecule has 0 bridgehead atoms. The van der Waals surface area contributed by atoms with Crippen molar-refractivity contribution in [3.05, 3.63) is 63.5 Å².